The Labute approximate surface area is 153 Å². The summed E-state index contributed by atoms with van der Waals surface area (Å²) < 4.78 is 54.0. The van der Waals surface area contributed by atoms with Crippen LogP contribution in [0.4, 0.5) is 17.6 Å². The summed E-state index contributed by atoms with van der Waals surface area (Å²) in [4.78, 5) is 15.9. The molecule has 1 aromatic heterocycles. The lowest BCUT2D eigenvalue weighted by Crippen LogP contribution is -2.34. The van der Waals surface area contributed by atoms with Crippen LogP contribution < -0.4 is 10.1 Å². The molecule has 0 fully saturated rings. The van der Waals surface area contributed by atoms with Crippen LogP contribution in [0.15, 0.2) is 42.5 Å². The number of aliphatic hydroxyl groups excluding tert-OH is 1. The lowest BCUT2D eigenvalue weighted by atomic mass is 10.0. The van der Waals surface area contributed by atoms with E-state index < -0.39 is 36.7 Å². The second kappa shape index (κ2) is 8.81. The molecule has 1 aromatic carbocycles. The molecule has 0 aliphatic carbocycles. The summed E-state index contributed by atoms with van der Waals surface area (Å²) >= 11 is 0. The summed E-state index contributed by atoms with van der Waals surface area (Å²) in [6.45, 7) is 0.139. The predicted molar refractivity (Wildman–Crippen MR) is 88.7 cm³/mol. The molecular weight excluding hydrogens is 368 g/mol. The van der Waals surface area contributed by atoms with E-state index in [0.29, 0.717) is 5.56 Å². The highest BCUT2D eigenvalue weighted by molar-refractivity contribution is 5.92. The number of carbonyl (C=O) groups excluding carboxylic acids is 1. The number of benzene rings is 1. The van der Waals surface area contributed by atoms with Gasteiger partial charge < -0.3 is 15.2 Å². The van der Waals surface area contributed by atoms with Gasteiger partial charge in [0, 0.05) is 12.1 Å². The van der Waals surface area contributed by atoms with Crippen molar-refractivity contribution in [1.29, 1.82) is 0 Å². The Morgan fingerprint density at radius 2 is 1.89 bits per heavy atom. The first-order valence-electron chi connectivity index (χ1n) is 8.05. The Morgan fingerprint density at radius 1 is 1.22 bits per heavy atom. The van der Waals surface area contributed by atoms with Gasteiger partial charge in [-0.1, -0.05) is 18.2 Å². The number of nitrogens with one attached hydrogen (secondary N) is 1. The van der Waals surface area contributed by atoms with Gasteiger partial charge in [-0.3, -0.25) is 4.79 Å². The van der Waals surface area contributed by atoms with Crippen molar-refractivity contribution in [2.75, 3.05) is 6.61 Å². The maximum atomic E-state index is 12.9. The number of rotatable bonds is 7. The van der Waals surface area contributed by atoms with E-state index in [1.165, 1.54) is 42.5 Å². The normalized spacial score (nSPS) is 13.7. The van der Waals surface area contributed by atoms with Crippen molar-refractivity contribution < 1.29 is 32.2 Å². The van der Waals surface area contributed by atoms with E-state index in [2.05, 4.69) is 15.0 Å². The number of nitrogens with zero attached hydrogens (tertiary/aromatic N) is 1. The Balaban J connectivity index is 1.92. The van der Waals surface area contributed by atoms with Crippen LogP contribution in [0.1, 0.15) is 35.5 Å². The highest BCUT2D eigenvalue weighted by Gasteiger charge is 2.28. The van der Waals surface area contributed by atoms with E-state index in [1.54, 1.807) is 6.92 Å². The van der Waals surface area contributed by atoms with Crippen molar-refractivity contribution in [3.05, 3.63) is 59.5 Å². The molecule has 9 heteroatoms. The zero-order valence-electron chi connectivity index (χ0n) is 14.3. The minimum absolute atomic E-state index is 0.113. The first-order chi connectivity index (χ1) is 12.6. The summed E-state index contributed by atoms with van der Waals surface area (Å²) in [5.74, 6) is -1.36. The number of carbonyl (C=O) groups is 1. The molecule has 2 aromatic rings. The smallest absolute Gasteiger partial charge is 0.422 e. The van der Waals surface area contributed by atoms with Crippen molar-refractivity contribution in [2.45, 2.75) is 31.7 Å². The van der Waals surface area contributed by atoms with E-state index >= 15 is 0 Å². The fourth-order valence-electron chi connectivity index (χ4n) is 2.29. The third kappa shape index (κ3) is 6.86. The summed E-state index contributed by atoms with van der Waals surface area (Å²) in [6, 6.07) is 8.75. The second-order valence-corrected chi connectivity index (χ2v) is 5.94. The number of ether oxygens (including phenoxy) is 1. The number of pyridine rings is 1. The van der Waals surface area contributed by atoms with Crippen LogP contribution in [-0.2, 0) is 0 Å². The van der Waals surface area contributed by atoms with Crippen LogP contribution in [0.3, 0.4) is 0 Å². The van der Waals surface area contributed by atoms with E-state index in [1.807, 2.05) is 0 Å². The SMILES string of the molecule is CC(CC(O)c1ccc(F)cc1)NC(=O)c1cccc(OCC(F)(F)F)n1. The first kappa shape index (κ1) is 20.6. The molecule has 2 N–H and O–H groups in total. The highest BCUT2D eigenvalue weighted by atomic mass is 19.4. The first-order valence-corrected chi connectivity index (χ1v) is 8.05. The van der Waals surface area contributed by atoms with Crippen molar-refractivity contribution >= 4 is 5.91 Å². The van der Waals surface area contributed by atoms with Gasteiger partial charge in [0.2, 0.25) is 5.88 Å². The molecule has 0 saturated heterocycles. The molecule has 0 spiro atoms. The van der Waals surface area contributed by atoms with Crippen LogP contribution in [0.25, 0.3) is 0 Å². The van der Waals surface area contributed by atoms with Gasteiger partial charge in [-0.15, -0.1) is 0 Å². The lowest BCUT2D eigenvalue weighted by Gasteiger charge is -2.18. The summed E-state index contributed by atoms with van der Waals surface area (Å²) in [7, 11) is 0. The number of alkyl halides is 3. The van der Waals surface area contributed by atoms with Gasteiger partial charge in [-0.25, -0.2) is 9.37 Å². The average Bonchev–Trinajstić information content (AvgIpc) is 2.60. The van der Waals surface area contributed by atoms with Crippen molar-refractivity contribution in [1.82, 2.24) is 10.3 Å². The molecule has 2 rings (SSSR count). The molecule has 0 aliphatic rings. The van der Waals surface area contributed by atoms with Gasteiger partial charge in [0.25, 0.3) is 5.91 Å². The topological polar surface area (TPSA) is 71.5 Å². The van der Waals surface area contributed by atoms with Gasteiger partial charge in [-0.05, 0) is 37.1 Å². The van der Waals surface area contributed by atoms with Crippen molar-refractivity contribution in [3.8, 4) is 5.88 Å². The zero-order chi connectivity index (χ0) is 20.0. The molecule has 1 amide bonds. The molecule has 2 unspecified atom stereocenters. The minimum atomic E-state index is -4.51. The van der Waals surface area contributed by atoms with Gasteiger partial charge in [0.1, 0.15) is 11.5 Å². The Hall–Kier alpha value is -2.68. The molecule has 0 aliphatic heterocycles. The van der Waals surface area contributed by atoms with Crippen LogP contribution in [0, 0.1) is 5.82 Å². The predicted octanol–water partition coefficient (Wildman–Crippen LogP) is 3.40. The maximum absolute atomic E-state index is 12.9. The van der Waals surface area contributed by atoms with Gasteiger partial charge in [0.05, 0.1) is 6.10 Å². The summed E-state index contributed by atoms with van der Waals surface area (Å²) in [5, 5.41) is 12.7. The largest absolute Gasteiger partial charge is 0.468 e. The molecule has 0 radical (unpaired) electrons. The molecule has 5 nitrogen and oxygen atoms in total. The number of hydrogen-bond donors (Lipinski definition) is 2. The molecule has 146 valence electrons. The van der Waals surface area contributed by atoms with Gasteiger partial charge in [0.15, 0.2) is 6.61 Å². The number of aliphatic hydroxyl groups is 1. The number of hydrogen-bond acceptors (Lipinski definition) is 4. The van der Waals surface area contributed by atoms with Crippen LogP contribution >= 0.6 is 0 Å². The van der Waals surface area contributed by atoms with E-state index in [0.717, 1.165) is 0 Å². The van der Waals surface area contributed by atoms with Crippen LogP contribution in [0.2, 0.25) is 0 Å². The summed E-state index contributed by atoms with van der Waals surface area (Å²) in [5.41, 5.74) is 0.385. The molecular formula is C18H18F4N2O3. The van der Waals surface area contributed by atoms with Gasteiger partial charge in [-0.2, -0.15) is 13.2 Å². The lowest BCUT2D eigenvalue weighted by molar-refractivity contribution is -0.154. The van der Waals surface area contributed by atoms with E-state index in [4.69, 9.17) is 0 Å². The maximum Gasteiger partial charge on any atom is 0.422 e. The zero-order valence-corrected chi connectivity index (χ0v) is 14.3. The molecule has 2 atom stereocenters. The van der Waals surface area contributed by atoms with Crippen molar-refractivity contribution in [3.63, 3.8) is 0 Å². The van der Waals surface area contributed by atoms with Gasteiger partial charge >= 0.3 is 6.18 Å². The molecule has 27 heavy (non-hydrogen) atoms. The number of halogens is 4. The number of amides is 1. The number of aromatic nitrogens is 1. The van der Waals surface area contributed by atoms with E-state index in [-0.39, 0.29) is 18.0 Å². The van der Waals surface area contributed by atoms with Crippen LogP contribution in [0.5, 0.6) is 5.88 Å². The molecule has 0 saturated carbocycles. The quantitative estimate of drug-likeness (QED) is 0.716. The Morgan fingerprint density at radius 3 is 2.52 bits per heavy atom. The van der Waals surface area contributed by atoms with Crippen molar-refractivity contribution in [2.24, 2.45) is 0 Å². The second-order valence-electron chi connectivity index (χ2n) is 5.94. The average molecular weight is 386 g/mol. The third-order valence-electron chi connectivity index (χ3n) is 3.55. The molecule has 1 heterocycles. The minimum Gasteiger partial charge on any atom is -0.468 e. The third-order valence-corrected chi connectivity index (χ3v) is 3.55. The standard InChI is InChI=1S/C18H18F4N2O3/c1-11(9-15(25)12-5-7-13(19)8-6-12)23-17(26)14-3-2-4-16(24-14)27-10-18(20,21)22/h2-8,11,15,25H,9-10H2,1H3,(H,23,26). The van der Waals surface area contributed by atoms with E-state index in [9.17, 15) is 27.5 Å². The van der Waals surface area contributed by atoms with Crippen LogP contribution in [-0.4, -0.2) is 34.8 Å². The monoisotopic (exact) mass is 386 g/mol. The molecule has 0 bridgehead atoms. The highest BCUT2D eigenvalue weighted by Crippen LogP contribution is 2.19. The summed E-state index contributed by atoms with van der Waals surface area (Å²) in [6.07, 6.45) is -5.28. The fraction of sp³-hybridized carbons (Fsp3) is 0.333. The Kier molecular flexibility index (Phi) is 6.73. The fourth-order valence-corrected chi connectivity index (χ4v) is 2.29. The Bertz CT molecular complexity index is 766.